The molecule has 178 valence electrons. The molecular formula is C36H24N2. The summed E-state index contributed by atoms with van der Waals surface area (Å²) in [6.45, 7) is 0. The van der Waals surface area contributed by atoms with Gasteiger partial charge in [0.2, 0.25) is 0 Å². The van der Waals surface area contributed by atoms with E-state index in [1.807, 2.05) is 0 Å². The summed E-state index contributed by atoms with van der Waals surface area (Å²) in [4.78, 5) is 0. The average molecular weight is 485 g/mol. The molecule has 8 rings (SSSR count). The van der Waals surface area contributed by atoms with Crippen molar-refractivity contribution in [2.75, 3.05) is 0 Å². The van der Waals surface area contributed by atoms with Gasteiger partial charge in [0.05, 0.1) is 22.1 Å². The zero-order chi connectivity index (χ0) is 25.1. The molecule has 2 aromatic heterocycles. The summed E-state index contributed by atoms with van der Waals surface area (Å²) in [5.41, 5.74) is 9.69. The maximum Gasteiger partial charge on any atom is 0.0547 e. The van der Waals surface area contributed by atoms with Gasteiger partial charge in [-0.3, -0.25) is 0 Å². The molecule has 0 atom stereocenters. The summed E-state index contributed by atoms with van der Waals surface area (Å²) in [5, 5.41) is 5.09. The van der Waals surface area contributed by atoms with Crippen molar-refractivity contribution in [3.8, 4) is 22.5 Å². The Balaban J connectivity index is 1.52. The smallest absolute Gasteiger partial charge is 0.0547 e. The summed E-state index contributed by atoms with van der Waals surface area (Å²) in [5.74, 6) is 0. The Bertz CT molecular complexity index is 2060. The lowest BCUT2D eigenvalue weighted by Crippen LogP contribution is -1.95. The van der Waals surface area contributed by atoms with Gasteiger partial charge in [0.25, 0.3) is 0 Å². The molecule has 0 aliphatic heterocycles. The Morgan fingerprint density at radius 3 is 1.61 bits per heavy atom. The summed E-state index contributed by atoms with van der Waals surface area (Å²) >= 11 is 0. The van der Waals surface area contributed by atoms with Gasteiger partial charge in [-0.15, -0.1) is 0 Å². The van der Waals surface area contributed by atoms with Gasteiger partial charge in [-0.2, -0.15) is 0 Å². The fourth-order valence-electron chi connectivity index (χ4n) is 6.11. The monoisotopic (exact) mass is 484 g/mol. The first-order valence-electron chi connectivity index (χ1n) is 13.0. The van der Waals surface area contributed by atoms with Crippen LogP contribution in [-0.2, 0) is 0 Å². The Hall–Kier alpha value is -5.08. The fraction of sp³-hybridized carbons (Fsp3) is 0. The number of rotatable bonds is 3. The Morgan fingerprint density at radius 2 is 0.895 bits per heavy atom. The van der Waals surface area contributed by atoms with Crippen molar-refractivity contribution in [1.82, 2.24) is 9.13 Å². The predicted octanol–water partition coefficient (Wildman–Crippen LogP) is 9.55. The molecule has 2 heteroatoms. The molecule has 0 aliphatic carbocycles. The van der Waals surface area contributed by atoms with Gasteiger partial charge in [-0.05, 0) is 59.7 Å². The number of hydrogen-bond acceptors (Lipinski definition) is 0. The van der Waals surface area contributed by atoms with Crippen molar-refractivity contribution >= 4 is 43.6 Å². The Kier molecular flexibility index (Phi) is 4.55. The van der Waals surface area contributed by atoms with Crippen LogP contribution in [-0.4, -0.2) is 9.13 Å². The molecule has 0 saturated heterocycles. The predicted molar refractivity (Wildman–Crippen MR) is 161 cm³/mol. The van der Waals surface area contributed by atoms with Crippen molar-refractivity contribution in [1.29, 1.82) is 0 Å². The lowest BCUT2D eigenvalue weighted by atomic mass is 9.99. The van der Waals surface area contributed by atoms with E-state index >= 15 is 0 Å². The van der Waals surface area contributed by atoms with Crippen molar-refractivity contribution in [3.05, 3.63) is 146 Å². The van der Waals surface area contributed by atoms with Gasteiger partial charge in [0.1, 0.15) is 0 Å². The number of para-hydroxylation sites is 3. The lowest BCUT2D eigenvalue weighted by molar-refractivity contribution is 1.17. The van der Waals surface area contributed by atoms with Crippen molar-refractivity contribution in [2.24, 2.45) is 0 Å². The van der Waals surface area contributed by atoms with E-state index in [-0.39, 0.29) is 0 Å². The summed E-state index contributed by atoms with van der Waals surface area (Å²) in [7, 11) is 0. The first kappa shape index (κ1) is 21.0. The summed E-state index contributed by atoms with van der Waals surface area (Å²) in [6.07, 6.45) is 0. The molecule has 8 aromatic rings. The molecule has 6 aromatic carbocycles. The zero-order valence-corrected chi connectivity index (χ0v) is 20.8. The van der Waals surface area contributed by atoms with E-state index in [4.69, 9.17) is 0 Å². The van der Waals surface area contributed by atoms with Crippen molar-refractivity contribution in [2.45, 2.75) is 0 Å². The second kappa shape index (κ2) is 8.22. The van der Waals surface area contributed by atoms with E-state index in [1.165, 1.54) is 66.1 Å². The molecule has 38 heavy (non-hydrogen) atoms. The third-order valence-corrected chi connectivity index (χ3v) is 7.71. The number of aromatic nitrogens is 2. The average Bonchev–Trinajstić information content (AvgIpc) is 3.51. The highest BCUT2D eigenvalue weighted by Gasteiger charge is 2.18. The molecule has 0 spiro atoms. The SMILES string of the molecule is c1ccc(-c2cccc3c2c2cc(-n4c5ccccc5c5ccccc54)ccc2n3-c2ccccc2)cc1. The van der Waals surface area contributed by atoms with E-state index < -0.39 is 0 Å². The number of benzene rings is 6. The first-order valence-corrected chi connectivity index (χ1v) is 13.0. The standard InChI is InChI=1S/C36H24N2/c1-3-12-25(13-4-1)28-18-11-21-35-36(28)31-24-27(22-23-34(31)37(35)26-14-5-2-6-15-26)38-32-19-9-7-16-29(32)30-17-8-10-20-33(30)38/h1-24H. The van der Waals surface area contributed by atoms with Gasteiger partial charge in [0.15, 0.2) is 0 Å². The van der Waals surface area contributed by atoms with E-state index in [1.54, 1.807) is 0 Å². The van der Waals surface area contributed by atoms with Crippen LogP contribution in [0.15, 0.2) is 146 Å². The van der Waals surface area contributed by atoms with E-state index in [2.05, 4.69) is 155 Å². The highest BCUT2D eigenvalue weighted by Crippen LogP contribution is 2.40. The molecule has 0 radical (unpaired) electrons. The van der Waals surface area contributed by atoms with E-state index in [0.717, 1.165) is 0 Å². The quantitative estimate of drug-likeness (QED) is 0.236. The van der Waals surface area contributed by atoms with E-state index in [0.29, 0.717) is 0 Å². The molecule has 0 aliphatic rings. The highest BCUT2D eigenvalue weighted by atomic mass is 15.0. The molecular weight excluding hydrogens is 460 g/mol. The van der Waals surface area contributed by atoms with Crippen molar-refractivity contribution < 1.29 is 0 Å². The van der Waals surface area contributed by atoms with Crippen LogP contribution < -0.4 is 0 Å². The minimum atomic E-state index is 1.17. The topological polar surface area (TPSA) is 9.86 Å². The maximum atomic E-state index is 2.40. The second-order valence-electron chi connectivity index (χ2n) is 9.81. The van der Waals surface area contributed by atoms with Crippen LogP contribution in [0.1, 0.15) is 0 Å². The van der Waals surface area contributed by atoms with Gasteiger partial charge < -0.3 is 9.13 Å². The maximum absolute atomic E-state index is 2.40. The minimum Gasteiger partial charge on any atom is -0.309 e. The van der Waals surface area contributed by atoms with Gasteiger partial charge in [-0.1, -0.05) is 97.1 Å². The van der Waals surface area contributed by atoms with Crippen LogP contribution in [0.25, 0.3) is 66.1 Å². The number of fused-ring (bicyclic) bond motifs is 6. The summed E-state index contributed by atoms with van der Waals surface area (Å²) in [6, 6.07) is 52.4. The third kappa shape index (κ3) is 3.01. The minimum absolute atomic E-state index is 1.17. The largest absolute Gasteiger partial charge is 0.309 e. The van der Waals surface area contributed by atoms with Crippen LogP contribution in [0.4, 0.5) is 0 Å². The first-order chi connectivity index (χ1) is 18.9. The highest BCUT2D eigenvalue weighted by molar-refractivity contribution is 6.17. The van der Waals surface area contributed by atoms with E-state index in [9.17, 15) is 0 Å². The fourth-order valence-corrected chi connectivity index (χ4v) is 6.11. The molecule has 0 saturated carbocycles. The van der Waals surface area contributed by atoms with Crippen LogP contribution >= 0.6 is 0 Å². The Morgan fingerprint density at radius 1 is 0.342 bits per heavy atom. The van der Waals surface area contributed by atoms with Gasteiger partial charge in [-0.25, -0.2) is 0 Å². The number of hydrogen-bond donors (Lipinski definition) is 0. The Labute approximate surface area is 220 Å². The lowest BCUT2D eigenvalue weighted by Gasteiger charge is -2.10. The molecule has 2 heterocycles. The molecule has 0 unspecified atom stereocenters. The van der Waals surface area contributed by atoms with Crippen molar-refractivity contribution in [3.63, 3.8) is 0 Å². The van der Waals surface area contributed by atoms with Gasteiger partial charge in [0, 0.05) is 32.9 Å². The number of nitrogens with zero attached hydrogens (tertiary/aromatic N) is 2. The second-order valence-corrected chi connectivity index (χ2v) is 9.81. The molecule has 0 bridgehead atoms. The molecule has 0 amide bonds. The van der Waals surface area contributed by atoms with Gasteiger partial charge >= 0.3 is 0 Å². The zero-order valence-electron chi connectivity index (χ0n) is 20.8. The molecule has 0 fully saturated rings. The normalized spacial score (nSPS) is 11.7. The van der Waals surface area contributed by atoms with Crippen LogP contribution in [0.2, 0.25) is 0 Å². The van der Waals surface area contributed by atoms with Crippen LogP contribution in [0.5, 0.6) is 0 Å². The van der Waals surface area contributed by atoms with Crippen LogP contribution in [0, 0.1) is 0 Å². The summed E-state index contributed by atoms with van der Waals surface area (Å²) < 4.78 is 4.80. The third-order valence-electron chi connectivity index (χ3n) is 7.71. The molecule has 2 nitrogen and oxygen atoms in total. The molecule has 0 N–H and O–H groups in total. The van der Waals surface area contributed by atoms with Crippen LogP contribution in [0.3, 0.4) is 0 Å².